The maximum Gasteiger partial charge on any atom is 0.410 e. The molecule has 2 aliphatic rings. The molecule has 1 aromatic rings. The van der Waals surface area contributed by atoms with Gasteiger partial charge >= 0.3 is 6.09 Å². The summed E-state index contributed by atoms with van der Waals surface area (Å²) in [6.07, 6.45) is 3.94. The predicted octanol–water partition coefficient (Wildman–Crippen LogP) is 2.51. The Morgan fingerprint density at radius 2 is 2.05 bits per heavy atom. The summed E-state index contributed by atoms with van der Waals surface area (Å²) < 4.78 is 5.12. The molecule has 0 unspecified atom stereocenters. The van der Waals surface area contributed by atoms with E-state index in [-0.39, 0.29) is 29.9 Å². The molecule has 4 nitrogen and oxygen atoms in total. The lowest BCUT2D eigenvalue weighted by Crippen LogP contribution is -2.51. The molecule has 4 heteroatoms. The van der Waals surface area contributed by atoms with Crippen LogP contribution >= 0.6 is 0 Å². The highest BCUT2D eigenvalue weighted by atomic mass is 16.6. The van der Waals surface area contributed by atoms with Gasteiger partial charge in [0.05, 0.1) is 24.6 Å². The molecule has 2 bridgehead atoms. The number of carbonyl (C=O) groups excluding carboxylic acids is 2. The number of hydrogen-bond acceptors (Lipinski definition) is 3. The first-order valence-electron chi connectivity index (χ1n) is 6.93. The first-order valence-corrected chi connectivity index (χ1v) is 6.93. The lowest BCUT2D eigenvalue weighted by atomic mass is 9.83. The number of ether oxygens (including phenoxy) is 1. The summed E-state index contributed by atoms with van der Waals surface area (Å²) in [5.74, 6) is -0.0904. The van der Waals surface area contributed by atoms with Crippen molar-refractivity contribution in [1.29, 1.82) is 0 Å². The molecule has 0 spiro atoms. The Morgan fingerprint density at radius 1 is 1.30 bits per heavy atom. The van der Waals surface area contributed by atoms with Crippen LogP contribution in [0.4, 0.5) is 4.79 Å². The molecule has 1 amide bonds. The van der Waals surface area contributed by atoms with E-state index < -0.39 is 0 Å². The van der Waals surface area contributed by atoms with Crippen molar-refractivity contribution in [3.05, 3.63) is 48.0 Å². The van der Waals surface area contributed by atoms with Gasteiger partial charge < -0.3 is 4.74 Å². The van der Waals surface area contributed by atoms with Gasteiger partial charge in [0.25, 0.3) is 0 Å². The van der Waals surface area contributed by atoms with Crippen LogP contribution in [0.3, 0.4) is 0 Å². The number of rotatable bonds is 2. The molecule has 1 fully saturated rings. The average molecular weight is 271 g/mol. The van der Waals surface area contributed by atoms with Gasteiger partial charge in [0, 0.05) is 6.42 Å². The fourth-order valence-corrected chi connectivity index (χ4v) is 3.11. The largest absolute Gasteiger partial charge is 0.450 e. The van der Waals surface area contributed by atoms with Gasteiger partial charge in [-0.25, -0.2) is 4.79 Å². The van der Waals surface area contributed by atoms with E-state index in [1.807, 2.05) is 42.5 Å². The molecule has 1 aromatic carbocycles. The van der Waals surface area contributed by atoms with E-state index in [9.17, 15) is 9.59 Å². The van der Waals surface area contributed by atoms with E-state index in [1.54, 1.807) is 11.8 Å². The van der Waals surface area contributed by atoms with Gasteiger partial charge in [-0.1, -0.05) is 42.5 Å². The molecule has 2 aliphatic heterocycles. The number of fused-ring (bicyclic) bond motifs is 2. The van der Waals surface area contributed by atoms with Gasteiger partial charge in [0.15, 0.2) is 0 Å². The van der Waals surface area contributed by atoms with Gasteiger partial charge in [-0.05, 0) is 12.5 Å². The number of piperidine rings is 1. The fourth-order valence-electron chi connectivity index (χ4n) is 3.11. The van der Waals surface area contributed by atoms with E-state index in [0.29, 0.717) is 13.0 Å². The molecule has 1 saturated heterocycles. The van der Waals surface area contributed by atoms with Crippen LogP contribution in [0.25, 0.3) is 0 Å². The second-order valence-corrected chi connectivity index (χ2v) is 5.11. The third-order valence-corrected chi connectivity index (χ3v) is 3.94. The summed E-state index contributed by atoms with van der Waals surface area (Å²) in [4.78, 5) is 26.2. The third kappa shape index (κ3) is 2.01. The predicted molar refractivity (Wildman–Crippen MR) is 74.4 cm³/mol. The maximum atomic E-state index is 12.4. The van der Waals surface area contributed by atoms with Crippen LogP contribution in [-0.2, 0) is 9.53 Å². The van der Waals surface area contributed by atoms with Crippen LogP contribution < -0.4 is 0 Å². The average Bonchev–Trinajstić information content (AvgIpc) is 2.76. The molecule has 0 N–H and O–H groups in total. The summed E-state index contributed by atoms with van der Waals surface area (Å²) in [5.41, 5.74) is 0.960. The zero-order chi connectivity index (χ0) is 14.1. The summed E-state index contributed by atoms with van der Waals surface area (Å²) in [6, 6.07) is 9.28. The Balaban J connectivity index is 1.93. The van der Waals surface area contributed by atoms with Crippen molar-refractivity contribution < 1.29 is 14.3 Å². The van der Waals surface area contributed by atoms with E-state index in [4.69, 9.17) is 4.74 Å². The van der Waals surface area contributed by atoms with Crippen molar-refractivity contribution in [3.63, 3.8) is 0 Å². The van der Waals surface area contributed by atoms with Crippen LogP contribution in [0.15, 0.2) is 42.5 Å². The number of amides is 1. The Labute approximate surface area is 118 Å². The lowest BCUT2D eigenvalue weighted by molar-refractivity contribution is -0.124. The number of benzene rings is 1. The monoisotopic (exact) mass is 271 g/mol. The van der Waals surface area contributed by atoms with E-state index in [1.165, 1.54) is 0 Å². The summed E-state index contributed by atoms with van der Waals surface area (Å²) in [5, 5.41) is 0. The Morgan fingerprint density at radius 3 is 2.75 bits per heavy atom. The van der Waals surface area contributed by atoms with Crippen LogP contribution in [-0.4, -0.2) is 35.5 Å². The normalized spacial score (nSPS) is 27.8. The minimum atomic E-state index is -0.332. The van der Waals surface area contributed by atoms with Crippen LogP contribution in [0.2, 0.25) is 0 Å². The second-order valence-electron chi connectivity index (χ2n) is 5.11. The molecule has 2 heterocycles. The quantitative estimate of drug-likeness (QED) is 0.776. The number of carbonyl (C=O) groups is 2. The summed E-state index contributed by atoms with van der Waals surface area (Å²) in [6.45, 7) is 2.13. The number of nitrogens with zero attached hydrogens (tertiary/aromatic N) is 1. The van der Waals surface area contributed by atoms with E-state index in [2.05, 4.69) is 0 Å². The van der Waals surface area contributed by atoms with Gasteiger partial charge in [0.1, 0.15) is 5.78 Å². The Hall–Kier alpha value is -2.10. The van der Waals surface area contributed by atoms with Gasteiger partial charge in [-0.2, -0.15) is 0 Å². The number of Topliss-reactive ketones (excluding diaryl/α,β-unsaturated/α-hetero) is 1. The van der Waals surface area contributed by atoms with Gasteiger partial charge in [-0.3, -0.25) is 9.69 Å². The maximum absolute atomic E-state index is 12.4. The van der Waals surface area contributed by atoms with Gasteiger partial charge in [-0.15, -0.1) is 0 Å². The van der Waals surface area contributed by atoms with Crippen molar-refractivity contribution in [2.24, 2.45) is 0 Å². The molecular weight excluding hydrogens is 254 g/mol. The van der Waals surface area contributed by atoms with Crippen LogP contribution in [0.5, 0.6) is 0 Å². The van der Waals surface area contributed by atoms with Crippen molar-refractivity contribution in [2.45, 2.75) is 31.3 Å². The Bertz CT molecular complexity index is 552. The SMILES string of the molecule is CCOC(=O)N1[C@@H]2C=C[C@H]1CC(=O)[C@H]2c1ccccc1. The highest BCUT2D eigenvalue weighted by Crippen LogP contribution is 2.38. The first kappa shape index (κ1) is 12.9. The van der Waals surface area contributed by atoms with Crippen molar-refractivity contribution in [1.82, 2.24) is 4.90 Å². The topological polar surface area (TPSA) is 46.6 Å². The van der Waals surface area contributed by atoms with E-state index >= 15 is 0 Å². The second kappa shape index (κ2) is 5.12. The highest BCUT2D eigenvalue weighted by molar-refractivity contribution is 5.91. The summed E-state index contributed by atoms with van der Waals surface area (Å²) in [7, 11) is 0. The van der Waals surface area contributed by atoms with Crippen molar-refractivity contribution >= 4 is 11.9 Å². The van der Waals surface area contributed by atoms with Crippen molar-refractivity contribution in [2.75, 3.05) is 6.61 Å². The first-order chi connectivity index (χ1) is 9.72. The van der Waals surface area contributed by atoms with E-state index in [0.717, 1.165) is 5.56 Å². The highest BCUT2D eigenvalue weighted by Gasteiger charge is 2.47. The Kier molecular flexibility index (Phi) is 3.30. The zero-order valence-electron chi connectivity index (χ0n) is 11.4. The molecule has 0 radical (unpaired) electrons. The lowest BCUT2D eigenvalue weighted by Gasteiger charge is -2.38. The molecule has 3 atom stereocenters. The molecule has 104 valence electrons. The smallest absolute Gasteiger partial charge is 0.410 e. The number of hydrogen-bond donors (Lipinski definition) is 0. The third-order valence-electron chi connectivity index (χ3n) is 3.94. The summed E-state index contributed by atoms with van der Waals surface area (Å²) >= 11 is 0. The standard InChI is InChI=1S/C16H17NO3/c1-2-20-16(19)17-12-8-9-13(17)15(14(18)10-12)11-6-4-3-5-7-11/h3-9,12-13,15H,2,10H2,1H3/t12-,13+,15-/m0/s1. The molecule has 0 aromatic heterocycles. The van der Waals surface area contributed by atoms with Crippen LogP contribution in [0.1, 0.15) is 24.8 Å². The van der Waals surface area contributed by atoms with Gasteiger partial charge in [0.2, 0.25) is 0 Å². The molecule has 0 aliphatic carbocycles. The fraction of sp³-hybridized carbons (Fsp3) is 0.375. The number of ketones is 1. The molecule has 0 saturated carbocycles. The molecule has 20 heavy (non-hydrogen) atoms. The minimum absolute atomic E-state index is 0.147. The zero-order valence-corrected chi connectivity index (χ0v) is 11.4. The molecule has 3 rings (SSSR count). The van der Waals surface area contributed by atoms with Crippen LogP contribution in [0, 0.1) is 0 Å². The minimum Gasteiger partial charge on any atom is -0.450 e. The van der Waals surface area contributed by atoms with Crippen molar-refractivity contribution in [3.8, 4) is 0 Å². The molecular formula is C16H17NO3.